The zero-order valence-corrected chi connectivity index (χ0v) is 12.6. The summed E-state index contributed by atoms with van der Waals surface area (Å²) in [5.74, 6) is 0.820. The first-order valence-corrected chi connectivity index (χ1v) is 7.63. The van der Waals surface area contributed by atoms with Crippen LogP contribution in [-0.2, 0) is 0 Å². The first kappa shape index (κ1) is 13.4. The molecule has 1 aliphatic rings. The van der Waals surface area contributed by atoms with Crippen LogP contribution in [0.15, 0.2) is 36.5 Å². The summed E-state index contributed by atoms with van der Waals surface area (Å²) in [5, 5.41) is 9.64. The standard InChI is InChI=1S/C17H19N3O2/c1-22-14-3-5-17-18-15-10-12(2-4-16(15)20(17)11-14)19-8-6-13(21)7-9-19/h2-5,10-11,13,21H,6-9H2,1H3. The topological polar surface area (TPSA) is 50.0 Å². The van der Waals surface area contributed by atoms with Gasteiger partial charge in [0.1, 0.15) is 11.4 Å². The Kier molecular flexibility index (Phi) is 3.15. The number of hydrogen-bond acceptors (Lipinski definition) is 4. The van der Waals surface area contributed by atoms with E-state index in [1.807, 2.05) is 18.3 Å². The molecular weight excluding hydrogens is 278 g/mol. The minimum Gasteiger partial charge on any atom is -0.495 e. The fraction of sp³-hybridized carbons (Fsp3) is 0.353. The second-order valence-electron chi connectivity index (χ2n) is 5.80. The molecule has 0 bridgehead atoms. The third-order valence-corrected chi connectivity index (χ3v) is 4.42. The number of ether oxygens (including phenoxy) is 1. The molecule has 4 rings (SSSR count). The maximum absolute atomic E-state index is 9.64. The van der Waals surface area contributed by atoms with Gasteiger partial charge in [-0.2, -0.15) is 0 Å². The maximum atomic E-state index is 9.64. The molecule has 0 spiro atoms. The number of nitrogens with zero attached hydrogens (tertiary/aromatic N) is 3. The van der Waals surface area contributed by atoms with Crippen molar-refractivity contribution in [3.63, 3.8) is 0 Å². The van der Waals surface area contributed by atoms with Crippen LogP contribution in [0.3, 0.4) is 0 Å². The number of aromatic nitrogens is 2. The van der Waals surface area contributed by atoms with Crippen LogP contribution in [0.5, 0.6) is 5.75 Å². The van der Waals surface area contributed by atoms with E-state index in [-0.39, 0.29) is 6.10 Å². The first-order valence-electron chi connectivity index (χ1n) is 7.63. The molecule has 3 aromatic rings. The molecule has 0 atom stereocenters. The van der Waals surface area contributed by atoms with Gasteiger partial charge in [0.15, 0.2) is 0 Å². The first-order chi connectivity index (χ1) is 10.7. The van der Waals surface area contributed by atoms with Crippen molar-refractivity contribution in [2.24, 2.45) is 0 Å². The van der Waals surface area contributed by atoms with E-state index >= 15 is 0 Å². The fourth-order valence-electron chi connectivity index (χ4n) is 3.13. The molecule has 5 nitrogen and oxygen atoms in total. The molecule has 3 heterocycles. The zero-order valence-electron chi connectivity index (χ0n) is 12.6. The number of rotatable bonds is 2. The Balaban J connectivity index is 1.76. The van der Waals surface area contributed by atoms with Crippen molar-refractivity contribution in [1.29, 1.82) is 0 Å². The van der Waals surface area contributed by atoms with Gasteiger partial charge < -0.3 is 14.7 Å². The van der Waals surface area contributed by atoms with Gasteiger partial charge in [0.2, 0.25) is 0 Å². The highest BCUT2D eigenvalue weighted by atomic mass is 16.5. The van der Waals surface area contributed by atoms with Crippen molar-refractivity contribution in [3.8, 4) is 5.75 Å². The summed E-state index contributed by atoms with van der Waals surface area (Å²) >= 11 is 0. The molecule has 5 heteroatoms. The second-order valence-corrected chi connectivity index (χ2v) is 5.80. The van der Waals surface area contributed by atoms with Gasteiger partial charge in [0.05, 0.1) is 30.4 Å². The predicted octanol–water partition coefficient (Wildman–Crippen LogP) is 2.46. The Morgan fingerprint density at radius 2 is 2.00 bits per heavy atom. The van der Waals surface area contributed by atoms with E-state index in [9.17, 15) is 5.11 Å². The normalized spacial score (nSPS) is 16.5. The molecule has 1 aliphatic heterocycles. The van der Waals surface area contributed by atoms with E-state index in [2.05, 4.69) is 27.5 Å². The lowest BCUT2D eigenvalue weighted by Gasteiger charge is -2.31. The van der Waals surface area contributed by atoms with E-state index in [4.69, 9.17) is 9.72 Å². The molecule has 2 aromatic heterocycles. The highest BCUT2D eigenvalue weighted by Crippen LogP contribution is 2.26. The number of piperidine rings is 1. The van der Waals surface area contributed by atoms with Crippen molar-refractivity contribution in [1.82, 2.24) is 9.38 Å². The van der Waals surface area contributed by atoms with E-state index in [1.54, 1.807) is 7.11 Å². The van der Waals surface area contributed by atoms with Crippen molar-refractivity contribution in [2.75, 3.05) is 25.1 Å². The Bertz CT molecular complexity index is 819. The Morgan fingerprint density at radius 3 is 2.77 bits per heavy atom. The SMILES string of the molecule is COc1ccc2nc3cc(N4CCC(O)CC4)ccc3n2c1. The van der Waals surface area contributed by atoms with Gasteiger partial charge >= 0.3 is 0 Å². The van der Waals surface area contributed by atoms with Gasteiger partial charge in [0, 0.05) is 18.8 Å². The number of hydrogen-bond donors (Lipinski definition) is 1. The monoisotopic (exact) mass is 297 g/mol. The largest absolute Gasteiger partial charge is 0.495 e. The molecule has 0 amide bonds. The average Bonchev–Trinajstić information content (AvgIpc) is 2.92. The van der Waals surface area contributed by atoms with Crippen molar-refractivity contribution < 1.29 is 9.84 Å². The summed E-state index contributed by atoms with van der Waals surface area (Å²) in [5.41, 5.74) is 4.16. The van der Waals surface area contributed by atoms with E-state index in [0.29, 0.717) is 0 Å². The van der Waals surface area contributed by atoms with Crippen molar-refractivity contribution >= 4 is 22.4 Å². The second kappa shape index (κ2) is 5.18. The van der Waals surface area contributed by atoms with Crippen LogP contribution in [0.4, 0.5) is 5.69 Å². The van der Waals surface area contributed by atoms with Gasteiger partial charge in [-0.3, -0.25) is 4.40 Å². The molecule has 1 fully saturated rings. The van der Waals surface area contributed by atoms with Crippen LogP contribution in [0.25, 0.3) is 16.7 Å². The van der Waals surface area contributed by atoms with Gasteiger partial charge in [-0.1, -0.05) is 0 Å². The molecule has 0 unspecified atom stereocenters. The summed E-state index contributed by atoms with van der Waals surface area (Å²) in [4.78, 5) is 7.01. The summed E-state index contributed by atoms with van der Waals surface area (Å²) in [6.07, 6.45) is 3.48. The highest BCUT2D eigenvalue weighted by Gasteiger charge is 2.18. The quantitative estimate of drug-likeness (QED) is 0.789. The highest BCUT2D eigenvalue weighted by molar-refractivity contribution is 5.84. The zero-order chi connectivity index (χ0) is 15.1. The number of pyridine rings is 1. The minimum atomic E-state index is -0.150. The molecule has 22 heavy (non-hydrogen) atoms. The van der Waals surface area contributed by atoms with Gasteiger partial charge in [-0.25, -0.2) is 4.98 Å². The van der Waals surface area contributed by atoms with Crippen LogP contribution in [-0.4, -0.2) is 40.8 Å². The van der Waals surface area contributed by atoms with E-state index in [0.717, 1.165) is 48.4 Å². The van der Waals surface area contributed by atoms with E-state index < -0.39 is 0 Å². The molecule has 1 aromatic carbocycles. The van der Waals surface area contributed by atoms with Crippen molar-refractivity contribution in [3.05, 3.63) is 36.5 Å². The maximum Gasteiger partial charge on any atom is 0.138 e. The molecule has 1 N–H and O–H groups in total. The Morgan fingerprint density at radius 1 is 1.18 bits per heavy atom. The number of methoxy groups -OCH3 is 1. The van der Waals surface area contributed by atoms with Crippen LogP contribution >= 0.6 is 0 Å². The fourth-order valence-corrected chi connectivity index (χ4v) is 3.13. The molecular formula is C17H19N3O2. The number of benzene rings is 1. The van der Waals surface area contributed by atoms with E-state index in [1.165, 1.54) is 5.69 Å². The lowest BCUT2D eigenvalue weighted by Crippen LogP contribution is -2.35. The number of fused-ring (bicyclic) bond motifs is 3. The summed E-state index contributed by atoms with van der Waals surface area (Å²) in [7, 11) is 1.67. The van der Waals surface area contributed by atoms with Crippen LogP contribution in [0.1, 0.15) is 12.8 Å². The summed E-state index contributed by atoms with van der Waals surface area (Å²) in [6.45, 7) is 1.79. The van der Waals surface area contributed by atoms with Crippen LogP contribution < -0.4 is 9.64 Å². The minimum absolute atomic E-state index is 0.150. The molecule has 0 radical (unpaired) electrons. The van der Waals surface area contributed by atoms with Gasteiger partial charge in [-0.15, -0.1) is 0 Å². The molecule has 1 saturated heterocycles. The summed E-state index contributed by atoms with van der Waals surface area (Å²) in [6, 6.07) is 10.3. The number of imidazole rings is 1. The third-order valence-electron chi connectivity index (χ3n) is 4.42. The number of aliphatic hydroxyl groups is 1. The third kappa shape index (κ3) is 2.18. The van der Waals surface area contributed by atoms with Gasteiger partial charge in [0.25, 0.3) is 0 Å². The predicted molar refractivity (Wildman–Crippen MR) is 86.7 cm³/mol. The van der Waals surface area contributed by atoms with Crippen LogP contribution in [0, 0.1) is 0 Å². The van der Waals surface area contributed by atoms with Crippen LogP contribution in [0.2, 0.25) is 0 Å². The number of anilines is 1. The Labute approximate surface area is 128 Å². The smallest absolute Gasteiger partial charge is 0.138 e. The molecule has 114 valence electrons. The van der Waals surface area contributed by atoms with Crippen molar-refractivity contribution in [2.45, 2.75) is 18.9 Å². The molecule has 0 aliphatic carbocycles. The Hall–Kier alpha value is -2.27. The number of aliphatic hydroxyl groups excluding tert-OH is 1. The van der Waals surface area contributed by atoms with Gasteiger partial charge in [-0.05, 0) is 43.2 Å². The molecule has 0 saturated carbocycles. The average molecular weight is 297 g/mol. The lowest BCUT2D eigenvalue weighted by molar-refractivity contribution is 0.145. The summed E-state index contributed by atoms with van der Waals surface area (Å²) < 4.78 is 7.34. The lowest BCUT2D eigenvalue weighted by atomic mass is 10.1.